The molecule has 0 spiro atoms. The van der Waals surface area contributed by atoms with Crippen LogP contribution in [0.1, 0.15) is 26.7 Å². The molecule has 0 aliphatic carbocycles. The second-order valence-electron chi connectivity index (χ2n) is 4.44. The molecule has 1 fully saturated rings. The fourth-order valence-electron chi connectivity index (χ4n) is 2.02. The van der Waals surface area contributed by atoms with Crippen LogP contribution in [-0.4, -0.2) is 38.3 Å². The van der Waals surface area contributed by atoms with Crippen molar-refractivity contribution in [3.8, 4) is 0 Å². The van der Waals surface area contributed by atoms with Crippen molar-refractivity contribution in [3.05, 3.63) is 0 Å². The molecule has 0 aromatic rings. The smallest absolute Gasteiger partial charge is 0.223 e. The highest BCUT2D eigenvalue weighted by Crippen LogP contribution is 2.16. The average molecular weight is 214 g/mol. The Bertz CT molecular complexity index is 209. The summed E-state index contributed by atoms with van der Waals surface area (Å²) < 4.78 is 4.99. The van der Waals surface area contributed by atoms with Gasteiger partial charge in [-0.3, -0.25) is 4.79 Å². The number of rotatable bonds is 4. The number of carbonyl (C=O) groups is 1. The zero-order valence-corrected chi connectivity index (χ0v) is 9.88. The van der Waals surface area contributed by atoms with Gasteiger partial charge in [0.2, 0.25) is 5.91 Å². The maximum Gasteiger partial charge on any atom is 0.223 e. The molecular weight excluding hydrogens is 192 g/mol. The lowest BCUT2D eigenvalue weighted by Crippen LogP contribution is -2.45. The van der Waals surface area contributed by atoms with Gasteiger partial charge in [0, 0.05) is 25.1 Å². The molecule has 4 nitrogen and oxygen atoms in total. The fourth-order valence-corrected chi connectivity index (χ4v) is 2.02. The molecule has 0 saturated carbocycles. The number of hydrogen-bond acceptors (Lipinski definition) is 3. The van der Waals surface area contributed by atoms with Crippen LogP contribution in [0.3, 0.4) is 0 Å². The summed E-state index contributed by atoms with van der Waals surface area (Å²) in [5.41, 5.74) is 0. The third kappa shape index (κ3) is 4.18. The van der Waals surface area contributed by atoms with Crippen molar-refractivity contribution in [1.82, 2.24) is 10.6 Å². The molecular formula is C11H22N2O2. The van der Waals surface area contributed by atoms with E-state index in [2.05, 4.69) is 17.6 Å². The summed E-state index contributed by atoms with van der Waals surface area (Å²) in [4.78, 5) is 11.8. The predicted octanol–water partition coefficient (Wildman–Crippen LogP) is 0.526. The van der Waals surface area contributed by atoms with E-state index in [-0.39, 0.29) is 17.9 Å². The minimum atomic E-state index is 0.104. The van der Waals surface area contributed by atoms with Crippen LogP contribution in [0, 0.1) is 5.92 Å². The van der Waals surface area contributed by atoms with Gasteiger partial charge in [-0.2, -0.15) is 0 Å². The summed E-state index contributed by atoms with van der Waals surface area (Å²) in [5.74, 6) is 0.341. The third-order valence-electron chi connectivity index (χ3n) is 2.80. The number of methoxy groups -OCH3 is 1. The second kappa shape index (κ2) is 6.08. The van der Waals surface area contributed by atoms with E-state index in [0.29, 0.717) is 12.6 Å². The SMILES string of the molecule is COC[C@@H](C)NC(=O)[C@H]1CCN[C@@H](C)C1. The molecule has 88 valence electrons. The number of carbonyl (C=O) groups excluding carboxylic acids is 1. The quantitative estimate of drug-likeness (QED) is 0.717. The molecule has 0 radical (unpaired) electrons. The Morgan fingerprint density at radius 1 is 1.67 bits per heavy atom. The molecule has 15 heavy (non-hydrogen) atoms. The van der Waals surface area contributed by atoms with Crippen molar-refractivity contribution in [3.63, 3.8) is 0 Å². The molecule has 4 heteroatoms. The van der Waals surface area contributed by atoms with E-state index >= 15 is 0 Å². The topological polar surface area (TPSA) is 50.4 Å². The van der Waals surface area contributed by atoms with Gasteiger partial charge in [0.25, 0.3) is 0 Å². The highest BCUT2D eigenvalue weighted by molar-refractivity contribution is 5.79. The number of piperidine rings is 1. The van der Waals surface area contributed by atoms with Gasteiger partial charge >= 0.3 is 0 Å². The molecule has 1 saturated heterocycles. The fraction of sp³-hybridized carbons (Fsp3) is 0.909. The Morgan fingerprint density at radius 3 is 3.00 bits per heavy atom. The molecule has 0 bridgehead atoms. The minimum Gasteiger partial charge on any atom is -0.383 e. The molecule has 2 N–H and O–H groups in total. The predicted molar refractivity (Wildman–Crippen MR) is 59.7 cm³/mol. The highest BCUT2D eigenvalue weighted by atomic mass is 16.5. The first-order valence-corrected chi connectivity index (χ1v) is 5.66. The summed E-state index contributed by atoms with van der Waals surface area (Å²) in [6, 6.07) is 0.555. The van der Waals surface area contributed by atoms with Gasteiger partial charge < -0.3 is 15.4 Å². The molecule has 1 aliphatic rings. The number of amides is 1. The van der Waals surface area contributed by atoms with Gasteiger partial charge in [0.15, 0.2) is 0 Å². The van der Waals surface area contributed by atoms with Crippen molar-refractivity contribution in [2.45, 2.75) is 38.8 Å². The number of nitrogens with one attached hydrogen (secondary N) is 2. The van der Waals surface area contributed by atoms with Crippen molar-refractivity contribution in [1.29, 1.82) is 0 Å². The monoisotopic (exact) mass is 214 g/mol. The van der Waals surface area contributed by atoms with E-state index in [1.54, 1.807) is 7.11 Å². The molecule has 1 rings (SSSR count). The van der Waals surface area contributed by atoms with Crippen molar-refractivity contribution in [2.24, 2.45) is 5.92 Å². The molecule has 1 heterocycles. The standard InChI is InChI=1S/C11H22N2O2/c1-8-6-10(4-5-12-8)11(14)13-9(2)7-15-3/h8-10,12H,4-7H2,1-3H3,(H,13,14)/t8-,9+,10-/m0/s1. The Balaban J connectivity index is 2.32. The summed E-state index contributed by atoms with van der Waals surface area (Å²) in [7, 11) is 1.65. The zero-order chi connectivity index (χ0) is 11.3. The lowest BCUT2D eigenvalue weighted by molar-refractivity contribution is -0.127. The van der Waals surface area contributed by atoms with Crippen LogP contribution in [0.25, 0.3) is 0 Å². The van der Waals surface area contributed by atoms with E-state index in [1.807, 2.05) is 6.92 Å². The van der Waals surface area contributed by atoms with E-state index < -0.39 is 0 Å². The van der Waals surface area contributed by atoms with Crippen LogP contribution in [-0.2, 0) is 9.53 Å². The van der Waals surface area contributed by atoms with Gasteiger partial charge in [-0.1, -0.05) is 0 Å². The summed E-state index contributed by atoms with van der Waals surface area (Å²) >= 11 is 0. The maximum atomic E-state index is 11.8. The lowest BCUT2D eigenvalue weighted by Gasteiger charge is -2.28. The van der Waals surface area contributed by atoms with Gasteiger partial charge in [0.1, 0.15) is 0 Å². The van der Waals surface area contributed by atoms with Crippen molar-refractivity contribution in [2.75, 3.05) is 20.3 Å². The Hall–Kier alpha value is -0.610. The molecule has 1 aliphatic heterocycles. The Morgan fingerprint density at radius 2 is 2.40 bits per heavy atom. The first-order chi connectivity index (χ1) is 7.13. The van der Waals surface area contributed by atoms with Crippen LogP contribution in [0.5, 0.6) is 0 Å². The first-order valence-electron chi connectivity index (χ1n) is 5.66. The molecule has 0 unspecified atom stereocenters. The summed E-state index contributed by atoms with van der Waals surface area (Å²) in [6.45, 7) is 5.61. The molecule has 3 atom stereocenters. The summed E-state index contributed by atoms with van der Waals surface area (Å²) in [5, 5.41) is 6.32. The number of hydrogen-bond donors (Lipinski definition) is 2. The highest BCUT2D eigenvalue weighted by Gasteiger charge is 2.25. The van der Waals surface area contributed by atoms with E-state index in [0.717, 1.165) is 19.4 Å². The molecule has 1 amide bonds. The number of ether oxygens (including phenoxy) is 1. The third-order valence-corrected chi connectivity index (χ3v) is 2.80. The van der Waals surface area contributed by atoms with E-state index in [1.165, 1.54) is 0 Å². The Kier molecular flexibility index (Phi) is 5.05. The van der Waals surface area contributed by atoms with Crippen LogP contribution < -0.4 is 10.6 Å². The maximum absolute atomic E-state index is 11.8. The van der Waals surface area contributed by atoms with E-state index in [4.69, 9.17) is 4.74 Å². The normalized spacial score (nSPS) is 28.5. The van der Waals surface area contributed by atoms with Gasteiger partial charge in [-0.05, 0) is 33.2 Å². The van der Waals surface area contributed by atoms with Crippen LogP contribution in [0.15, 0.2) is 0 Å². The van der Waals surface area contributed by atoms with Gasteiger partial charge in [-0.25, -0.2) is 0 Å². The average Bonchev–Trinajstić information content (AvgIpc) is 2.18. The van der Waals surface area contributed by atoms with E-state index in [9.17, 15) is 4.79 Å². The van der Waals surface area contributed by atoms with Gasteiger partial charge in [-0.15, -0.1) is 0 Å². The van der Waals surface area contributed by atoms with Gasteiger partial charge in [0.05, 0.1) is 6.61 Å². The largest absolute Gasteiger partial charge is 0.383 e. The van der Waals surface area contributed by atoms with Crippen LogP contribution >= 0.6 is 0 Å². The zero-order valence-electron chi connectivity index (χ0n) is 9.88. The van der Waals surface area contributed by atoms with Crippen molar-refractivity contribution >= 4 is 5.91 Å². The summed E-state index contributed by atoms with van der Waals surface area (Å²) in [6.07, 6.45) is 1.88. The Labute approximate surface area is 91.8 Å². The first kappa shape index (κ1) is 12.5. The molecule has 0 aromatic heterocycles. The minimum absolute atomic E-state index is 0.104. The van der Waals surface area contributed by atoms with Crippen LogP contribution in [0.4, 0.5) is 0 Å². The molecule has 0 aromatic carbocycles. The second-order valence-corrected chi connectivity index (χ2v) is 4.44. The van der Waals surface area contributed by atoms with Crippen LogP contribution in [0.2, 0.25) is 0 Å². The van der Waals surface area contributed by atoms with Crippen molar-refractivity contribution < 1.29 is 9.53 Å². The lowest BCUT2D eigenvalue weighted by atomic mass is 9.92.